The van der Waals surface area contributed by atoms with Crippen molar-refractivity contribution in [1.29, 1.82) is 0 Å². The van der Waals surface area contributed by atoms with E-state index in [2.05, 4.69) is 6.58 Å². The molecule has 0 aromatic rings. The summed E-state index contributed by atoms with van der Waals surface area (Å²) in [7, 11) is 0. The molecule has 0 amide bonds. The van der Waals surface area contributed by atoms with Gasteiger partial charge in [-0.3, -0.25) is 0 Å². The zero-order chi connectivity index (χ0) is 21.5. The zero-order valence-corrected chi connectivity index (χ0v) is 18.7. The van der Waals surface area contributed by atoms with Gasteiger partial charge in [-0.1, -0.05) is 32.3 Å². The fourth-order valence-corrected chi connectivity index (χ4v) is 5.84. The Hall–Kier alpha value is -0.990. The molecular weight excluding hydrogens is 400 g/mol. The molecule has 2 aliphatic carbocycles. The third-order valence-electron chi connectivity index (χ3n) is 7.52. The molecule has 174 valence electrons. The second kappa shape index (κ2) is 8.41. The molecule has 3 heterocycles. The number of ether oxygens (including phenoxy) is 6. The average molecular weight is 437 g/mol. The van der Waals surface area contributed by atoms with Crippen LogP contribution in [0.25, 0.3) is 0 Å². The van der Waals surface area contributed by atoms with Gasteiger partial charge in [0.1, 0.15) is 18.8 Å². The van der Waals surface area contributed by atoms with Crippen LogP contribution in [0.1, 0.15) is 84.0 Å². The van der Waals surface area contributed by atoms with Crippen LogP contribution < -0.4 is 0 Å². The van der Waals surface area contributed by atoms with Crippen LogP contribution in [0.5, 0.6) is 0 Å². The second-order valence-electron chi connectivity index (χ2n) is 10.0. The lowest BCUT2D eigenvalue weighted by molar-refractivity contribution is -0.335. The van der Waals surface area contributed by atoms with Gasteiger partial charge in [-0.2, -0.15) is 0 Å². The Morgan fingerprint density at radius 3 is 2.10 bits per heavy atom. The van der Waals surface area contributed by atoms with Crippen LogP contribution in [0.15, 0.2) is 12.2 Å². The predicted octanol–water partition coefficient (Wildman–Crippen LogP) is 4.13. The molecule has 0 unspecified atom stereocenters. The largest absolute Gasteiger partial charge is 0.450 e. The molecule has 3 aliphatic heterocycles. The lowest BCUT2D eigenvalue weighted by Crippen LogP contribution is -2.63. The minimum atomic E-state index is -1.17. The second-order valence-corrected chi connectivity index (χ2v) is 10.0. The van der Waals surface area contributed by atoms with Crippen molar-refractivity contribution in [2.75, 3.05) is 13.2 Å². The highest BCUT2D eigenvalue weighted by molar-refractivity contribution is 5.87. The van der Waals surface area contributed by atoms with Crippen molar-refractivity contribution < 1.29 is 33.2 Å². The third-order valence-corrected chi connectivity index (χ3v) is 7.52. The van der Waals surface area contributed by atoms with Crippen molar-refractivity contribution >= 4 is 5.97 Å². The van der Waals surface area contributed by atoms with Crippen LogP contribution in [0.3, 0.4) is 0 Å². The lowest BCUT2D eigenvalue weighted by Gasteiger charge is -2.43. The van der Waals surface area contributed by atoms with E-state index in [1.54, 1.807) is 6.92 Å². The van der Waals surface area contributed by atoms with Crippen molar-refractivity contribution in [3.05, 3.63) is 12.2 Å². The van der Waals surface area contributed by atoms with Gasteiger partial charge in [-0.05, 0) is 32.6 Å². The molecule has 5 fully saturated rings. The van der Waals surface area contributed by atoms with Crippen LogP contribution >= 0.6 is 0 Å². The Balaban J connectivity index is 1.42. The molecule has 31 heavy (non-hydrogen) atoms. The van der Waals surface area contributed by atoms with E-state index in [1.165, 1.54) is 25.7 Å². The number of esters is 1. The third kappa shape index (κ3) is 4.08. The van der Waals surface area contributed by atoms with E-state index in [1.807, 2.05) is 0 Å². The summed E-state index contributed by atoms with van der Waals surface area (Å²) in [6, 6.07) is 0. The van der Waals surface area contributed by atoms with Gasteiger partial charge in [0.2, 0.25) is 5.79 Å². The number of hydrogen-bond donors (Lipinski definition) is 0. The monoisotopic (exact) mass is 436 g/mol. The lowest BCUT2D eigenvalue weighted by atomic mass is 9.96. The van der Waals surface area contributed by atoms with E-state index in [4.69, 9.17) is 28.4 Å². The highest BCUT2D eigenvalue weighted by Crippen LogP contribution is 2.50. The summed E-state index contributed by atoms with van der Waals surface area (Å²) >= 11 is 0. The summed E-state index contributed by atoms with van der Waals surface area (Å²) in [6.07, 6.45) is 10.9. The van der Waals surface area contributed by atoms with E-state index < -0.39 is 35.5 Å². The Bertz CT molecular complexity index is 676. The summed E-state index contributed by atoms with van der Waals surface area (Å²) in [6.45, 7) is 5.96. The number of fused-ring (bicyclic) bond motifs is 1. The SMILES string of the molecule is C=C(C)C(=O)O[C@H]1[C@@H]2OC3(CCCCCC3)O[C@@H]2CO[C@]12COC1(CCCCCC1)O2. The molecule has 0 bridgehead atoms. The van der Waals surface area contributed by atoms with Crippen LogP contribution in [-0.4, -0.2) is 54.9 Å². The summed E-state index contributed by atoms with van der Waals surface area (Å²) in [5.74, 6) is -2.93. The number of carbonyl (C=O) groups excluding carboxylic acids is 1. The molecule has 0 radical (unpaired) electrons. The van der Waals surface area contributed by atoms with Gasteiger partial charge in [0.05, 0.1) is 6.61 Å². The van der Waals surface area contributed by atoms with Crippen molar-refractivity contribution in [1.82, 2.24) is 0 Å². The van der Waals surface area contributed by atoms with Crippen LogP contribution in [0.2, 0.25) is 0 Å². The first-order valence-corrected chi connectivity index (χ1v) is 12.2. The fourth-order valence-electron chi connectivity index (χ4n) is 5.84. The first-order chi connectivity index (χ1) is 15.0. The molecule has 2 saturated carbocycles. The molecule has 7 nitrogen and oxygen atoms in total. The van der Waals surface area contributed by atoms with Crippen molar-refractivity contribution in [2.24, 2.45) is 0 Å². The molecule has 0 aromatic heterocycles. The summed E-state index contributed by atoms with van der Waals surface area (Å²) < 4.78 is 38.2. The van der Waals surface area contributed by atoms with Gasteiger partial charge in [0.25, 0.3) is 0 Å². The average Bonchev–Trinajstić information content (AvgIpc) is 3.07. The van der Waals surface area contributed by atoms with Gasteiger partial charge < -0.3 is 28.4 Å². The summed E-state index contributed by atoms with van der Waals surface area (Å²) in [5.41, 5.74) is 0.337. The highest BCUT2D eigenvalue weighted by atomic mass is 16.9. The fraction of sp³-hybridized carbons (Fsp3) is 0.875. The van der Waals surface area contributed by atoms with Crippen LogP contribution in [0, 0.1) is 0 Å². The standard InChI is InChI=1S/C24H36O7/c1-17(2)21(25)28-20-19-18(29-23(30-19)13-9-5-6-10-14-23)15-26-24(20)16-27-22(31-24)11-7-3-4-8-12-22/h18-20H,1,3-16H2,2H3/t18-,19-,20+,24+/m1/s1. The topological polar surface area (TPSA) is 72.5 Å². The number of rotatable bonds is 2. The molecule has 4 atom stereocenters. The summed E-state index contributed by atoms with van der Waals surface area (Å²) in [5, 5.41) is 0. The normalized spacial score (nSPS) is 39.2. The van der Waals surface area contributed by atoms with Crippen LogP contribution in [-0.2, 0) is 33.2 Å². The predicted molar refractivity (Wildman–Crippen MR) is 111 cm³/mol. The number of carbonyl (C=O) groups is 1. The quantitative estimate of drug-likeness (QED) is 0.476. The van der Waals surface area contributed by atoms with Crippen molar-refractivity contribution in [2.45, 2.75) is 120 Å². The molecule has 3 spiro atoms. The van der Waals surface area contributed by atoms with Gasteiger partial charge in [0.15, 0.2) is 17.7 Å². The molecule has 5 rings (SSSR count). The Kier molecular flexibility index (Phi) is 5.93. The maximum Gasteiger partial charge on any atom is 0.333 e. The van der Waals surface area contributed by atoms with Gasteiger partial charge in [-0.25, -0.2) is 4.79 Å². The molecule has 3 saturated heterocycles. The maximum absolute atomic E-state index is 12.6. The van der Waals surface area contributed by atoms with Crippen molar-refractivity contribution in [3.8, 4) is 0 Å². The molecule has 0 aromatic carbocycles. The minimum Gasteiger partial charge on any atom is -0.450 e. The van der Waals surface area contributed by atoms with Crippen LogP contribution in [0.4, 0.5) is 0 Å². The van der Waals surface area contributed by atoms with E-state index in [-0.39, 0.29) is 12.7 Å². The Morgan fingerprint density at radius 2 is 1.48 bits per heavy atom. The van der Waals surface area contributed by atoms with Gasteiger partial charge in [-0.15, -0.1) is 0 Å². The van der Waals surface area contributed by atoms with E-state index in [0.717, 1.165) is 51.4 Å². The molecule has 7 heteroatoms. The van der Waals surface area contributed by atoms with Gasteiger partial charge in [0, 0.05) is 31.3 Å². The molecule has 5 aliphatic rings. The van der Waals surface area contributed by atoms with E-state index in [9.17, 15) is 4.79 Å². The molecular formula is C24H36O7. The minimum absolute atomic E-state index is 0.223. The zero-order valence-electron chi connectivity index (χ0n) is 18.7. The van der Waals surface area contributed by atoms with E-state index in [0.29, 0.717) is 12.2 Å². The van der Waals surface area contributed by atoms with Gasteiger partial charge >= 0.3 is 5.97 Å². The number of hydrogen-bond acceptors (Lipinski definition) is 7. The highest BCUT2D eigenvalue weighted by Gasteiger charge is 2.66. The smallest absolute Gasteiger partial charge is 0.333 e. The van der Waals surface area contributed by atoms with E-state index >= 15 is 0 Å². The first-order valence-electron chi connectivity index (χ1n) is 12.2. The maximum atomic E-state index is 12.6. The molecule has 0 N–H and O–H groups in total. The summed E-state index contributed by atoms with van der Waals surface area (Å²) in [4.78, 5) is 12.6. The Labute approximate surface area is 184 Å². The first kappa shape index (κ1) is 21.8. The Morgan fingerprint density at radius 1 is 0.871 bits per heavy atom. The van der Waals surface area contributed by atoms with Crippen molar-refractivity contribution in [3.63, 3.8) is 0 Å².